The molecule has 1 N–H and O–H groups in total. The lowest BCUT2D eigenvalue weighted by Gasteiger charge is -2.15. The summed E-state index contributed by atoms with van der Waals surface area (Å²) in [6.07, 6.45) is 1.53. The molecule has 6 heteroatoms. The van der Waals surface area contributed by atoms with Crippen molar-refractivity contribution in [1.82, 2.24) is 14.8 Å². The third kappa shape index (κ3) is 4.33. The maximum atomic E-state index is 11.1. The molecule has 0 saturated carbocycles. The van der Waals surface area contributed by atoms with E-state index in [1.165, 1.54) is 18.1 Å². The van der Waals surface area contributed by atoms with Crippen molar-refractivity contribution in [3.63, 3.8) is 0 Å². The van der Waals surface area contributed by atoms with Crippen LogP contribution in [0.15, 0.2) is 6.33 Å². The molecule has 0 aromatic carbocycles. The Morgan fingerprint density at radius 3 is 2.61 bits per heavy atom. The van der Waals surface area contributed by atoms with Gasteiger partial charge in [-0.1, -0.05) is 27.7 Å². The fraction of sp³-hybridized carbons (Fsp3) is 0.750. The van der Waals surface area contributed by atoms with E-state index in [9.17, 15) is 4.79 Å². The molecule has 0 aliphatic rings. The number of nitrogens with zero attached hydrogens (tertiary/aromatic N) is 3. The molecule has 18 heavy (non-hydrogen) atoms. The quantitative estimate of drug-likeness (QED) is 0.824. The van der Waals surface area contributed by atoms with Gasteiger partial charge in [0.2, 0.25) is 0 Å². The van der Waals surface area contributed by atoms with Crippen molar-refractivity contribution in [2.24, 2.45) is 11.8 Å². The predicted octanol–water partition coefficient (Wildman–Crippen LogP) is 2.28. The number of thioether (sulfide) groups is 1. The second-order valence-electron chi connectivity index (χ2n) is 5.07. The van der Waals surface area contributed by atoms with Crippen LogP contribution in [0.3, 0.4) is 0 Å². The summed E-state index contributed by atoms with van der Waals surface area (Å²) in [7, 11) is 0. The van der Waals surface area contributed by atoms with Crippen molar-refractivity contribution < 1.29 is 9.90 Å². The Morgan fingerprint density at radius 1 is 1.44 bits per heavy atom. The smallest absolute Gasteiger partial charge is 0.316 e. The molecular formula is C12H21N3O2S. The number of carboxylic acids is 1. The van der Waals surface area contributed by atoms with E-state index in [-0.39, 0.29) is 5.92 Å². The molecular weight excluding hydrogens is 250 g/mol. The lowest BCUT2D eigenvalue weighted by molar-refractivity contribution is -0.137. The summed E-state index contributed by atoms with van der Waals surface area (Å²) in [5.74, 6) is 1.28. The summed E-state index contributed by atoms with van der Waals surface area (Å²) in [4.78, 5) is 15.3. The van der Waals surface area contributed by atoms with Crippen molar-refractivity contribution in [3.05, 3.63) is 12.2 Å². The minimum Gasteiger partial charge on any atom is -0.480 e. The van der Waals surface area contributed by atoms with Crippen molar-refractivity contribution in [3.8, 4) is 0 Å². The van der Waals surface area contributed by atoms with Crippen LogP contribution in [0.2, 0.25) is 0 Å². The highest BCUT2D eigenvalue weighted by Gasteiger charge is 2.22. The summed E-state index contributed by atoms with van der Waals surface area (Å²) in [5, 5.41) is 12.9. The van der Waals surface area contributed by atoms with Crippen LogP contribution in [0.5, 0.6) is 0 Å². The van der Waals surface area contributed by atoms with Gasteiger partial charge in [-0.3, -0.25) is 4.79 Å². The second-order valence-corrected chi connectivity index (χ2v) is 6.20. The predicted molar refractivity (Wildman–Crippen MR) is 72.4 cm³/mol. The van der Waals surface area contributed by atoms with Crippen LogP contribution in [-0.4, -0.2) is 31.1 Å². The Labute approximate surface area is 112 Å². The topological polar surface area (TPSA) is 68.0 Å². The number of hydrogen-bond acceptors (Lipinski definition) is 4. The highest BCUT2D eigenvalue weighted by atomic mass is 32.2. The zero-order chi connectivity index (χ0) is 13.7. The highest BCUT2D eigenvalue weighted by molar-refractivity contribution is 7.99. The van der Waals surface area contributed by atoms with Crippen LogP contribution in [-0.2, 0) is 17.1 Å². The molecule has 1 aromatic rings. The second kappa shape index (κ2) is 6.78. The van der Waals surface area contributed by atoms with Crippen LogP contribution in [0.1, 0.15) is 33.5 Å². The van der Waals surface area contributed by atoms with Gasteiger partial charge in [0.15, 0.2) is 0 Å². The zero-order valence-electron chi connectivity index (χ0n) is 11.3. The molecule has 0 amide bonds. The minimum atomic E-state index is -0.759. The largest absolute Gasteiger partial charge is 0.480 e. The van der Waals surface area contributed by atoms with E-state index >= 15 is 0 Å². The van der Waals surface area contributed by atoms with Gasteiger partial charge in [0, 0.05) is 6.54 Å². The molecule has 1 aromatic heterocycles. The Bertz CT molecular complexity index is 390. The fourth-order valence-corrected chi connectivity index (χ4v) is 2.69. The number of aromatic nitrogens is 3. The van der Waals surface area contributed by atoms with E-state index in [1.54, 1.807) is 0 Å². The van der Waals surface area contributed by atoms with Crippen molar-refractivity contribution in [1.29, 1.82) is 0 Å². The Hall–Kier alpha value is -1.04. The zero-order valence-corrected chi connectivity index (χ0v) is 12.1. The first-order valence-electron chi connectivity index (χ1n) is 6.13. The lowest BCUT2D eigenvalue weighted by Crippen LogP contribution is -2.23. The number of carboxylic acid groups (broad SMARTS) is 1. The summed E-state index contributed by atoms with van der Waals surface area (Å²) < 4.78 is 1.86. The number of rotatable bonds is 7. The minimum absolute atomic E-state index is 0.106. The van der Waals surface area contributed by atoms with Crippen molar-refractivity contribution >= 4 is 17.7 Å². The van der Waals surface area contributed by atoms with Gasteiger partial charge in [0.1, 0.15) is 17.4 Å². The lowest BCUT2D eigenvalue weighted by atomic mass is 10.1. The van der Waals surface area contributed by atoms with Crippen LogP contribution >= 0.6 is 11.8 Å². The average Bonchev–Trinajstić information content (AvgIpc) is 2.64. The van der Waals surface area contributed by atoms with Crippen LogP contribution in [0.25, 0.3) is 0 Å². The van der Waals surface area contributed by atoms with Gasteiger partial charge in [0.05, 0.1) is 5.75 Å². The third-order valence-electron chi connectivity index (χ3n) is 2.47. The van der Waals surface area contributed by atoms with Crippen molar-refractivity contribution in [2.45, 2.75) is 45.2 Å². The number of hydrogen-bond donors (Lipinski definition) is 1. The molecule has 0 fully saturated rings. The molecule has 0 aliphatic heterocycles. The summed E-state index contributed by atoms with van der Waals surface area (Å²) >= 11 is 1.41. The van der Waals surface area contributed by atoms with Crippen LogP contribution < -0.4 is 0 Å². The Balaban J connectivity index is 2.62. The molecule has 0 spiro atoms. The highest BCUT2D eigenvalue weighted by Crippen LogP contribution is 2.23. The van der Waals surface area contributed by atoms with Gasteiger partial charge in [0.25, 0.3) is 0 Å². The van der Waals surface area contributed by atoms with Crippen LogP contribution in [0.4, 0.5) is 0 Å². The maximum absolute atomic E-state index is 11.1. The number of carbonyl (C=O) groups is 1. The van der Waals surface area contributed by atoms with E-state index in [2.05, 4.69) is 23.9 Å². The molecule has 1 heterocycles. The van der Waals surface area contributed by atoms with Gasteiger partial charge in [-0.15, -0.1) is 11.8 Å². The van der Waals surface area contributed by atoms with E-state index in [0.29, 0.717) is 11.7 Å². The van der Waals surface area contributed by atoms with Crippen LogP contribution in [0, 0.1) is 11.8 Å². The molecule has 1 atom stereocenters. The standard InChI is InChI=1S/C12H21N3O2S/c1-8(2)5-15-10(13-7-14-15)6-18-11(9(3)4)12(16)17/h7-9,11H,5-6H2,1-4H3,(H,16,17). The summed E-state index contributed by atoms with van der Waals surface area (Å²) in [6.45, 7) is 8.89. The fourth-order valence-electron chi connectivity index (χ4n) is 1.61. The number of aliphatic carboxylic acids is 1. The third-order valence-corrected chi connectivity index (χ3v) is 4.00. The molecule has 0 saturated heterocycles. The first kappa shape index (κ1) is 15.0. The van der Waals surface area contributed by atoms with Gasteiger partial charge in [-0.2, -0.15) is 5.10 Å². The van der Waals surface area contributed by atoms with Gasteiger partial charge < -0.3 is 5.11 Å². The average molecular weight is 271 g/mol. The summed E-state index contributed by atoms with van der Waals surface area (Å²) in [5.41, 5.74) is 0. The van der Waals surface area contributed by atoms with Gasteiger partial charge in [-0.25, -0.2) is 9.67 Å². The Morgan fingerprint density at radius 2 is 2.11 bits per heavy atom. The van der Waals surface area contributed by atoms with E-state index in [4.69, 9.17) is 5.11 Å². The first-order valence-corrected chi connectivity index (χ1v) is 7.17. The van der Waals surface area contributed by atoms with E-state index < -0.39 is 11.2 Å². The van der Waals surface area contributed by atoms with Crippen molar-refractivity contribution in [2.75, 3.05) is 0 Å². The maximum Gasteiger partial charge on any atom is 0.316 e. The molecule has 0 aliphatic carbocycles. The SMILES string of the molecule is CC(C)Cn1ncnc1CSC(C(=O)O)C(C)C. The molecule has 1 rings (SSSR count). The van der Waals surface area contributed by atoms with Gasteiger partial charge >= 0.3 is 5.97 Å². The monoisotopic (exact) mass is 271 g/mol. The van der Waals surface area contributed by atoms with Gasteiger partial charge in [-0.05, 0) is 11.8 Å². The molecule has 0 radical (unpaired) electrons. The molecule has 0 bridgehead atoms. The molecule has 1 unspecified atom stereocenters. The molecule has 102 valence electrons. The van der Waals surface area contributed by atoms with E-state index in [1.807, 2.05) is 18.5 Å². The summed E-state index contributed by atoms with van der Waals surface area (Å²) in [6, 6.07) is 0. The normalized spacial score (nSPS) is 13.2. The first-order chi connectivity index (χ1) is 8.41. The Kier molecular flexibility index (Phi) is 5.65. The molecule has 5 nitrogen and oxygen atoms in total. The van der Waals surface area contributed by atoms with E-state index in [0.717, 1.165) is 12.4 Å².